The van der Waals surface area contributed by atoms with Gasteiger partial charge in [-0.1, -0.05) is 18.2 Å². The number of sulfonamides is 1. The number of amides is 1. The van der Waals surface area contributed by atoms with E-state index < -0.39 is 33.7 Å². The Hall–Kier alpha value is -1.97. The topological polar surface area (TPSA) is 128 Å². The maximum Gasteiger partial charge on any atom is 0.329 e. The highest BCUT2D eigenvalue weighted by molar-refractivity contribution is 7.89. The summed E-state index contributed by atoms with van der Waals surface area (Å²) in [4.78, 5) is 25.3. The van der Waals surface area contributed by atoms with Gasteiger partial charge in [0.05, 0.1) is 12.4 Å². The van der Waals surface area contributed by atoms with Crippen LogP contribution in [0.25, 0.3) is 0 Å². The third-order valence-corrected chi connectivity index (χ3v) is 3.61. The second kappa shape index (κ2) is 7.72. The zero-order chi connectivity index (χ0) is 15.9. The van der Waals surface area contributed by atoms with Gasteiger partial charge in [-0.25, -0.2) is 13.2 Å². The molecule has 0 aliphatic heterocycles. The van der Waals surface area contributed by atoms with Crippen molar-refractivity contribution in [1.29, 1.82) is 0 Å². The first kappa shape index (κ1) is 17.1. The van der Waals surface area contributed by atoms with Crippen molar-refractivity contribution in [3.63, 3.8) is 0 Å². The van der Waals surface area contributed by atoms with Gasteiger partial charge in [0.15, 0.2) is 0 Å². The average Bonchev–Trinajstić information content (AvgIpc) is 2.47. The maximum atomic E-state index is 12.0. The van der Waals surface area contributed by atoms with Crippen LogP contribution in [0, 0.1) is 0 Å². The normalized spacial score (nSPS) is 12.5. The molecule has 1 unspecified atom stereocenters. The third kappa shape index (κ3) is 5.50. The summed E-state index contributed by atoms with van der Waals surface area (Å²) < 4.78 is 27.6. The van der Waals surface area contributed by atoms with Crippen LogP contribution in [0.5, 0.6) is 0 Å². The lowest BCUT2D eigenvalue weighted by Crippen LogP contribution is -2.49. The number of nitrogens with two attached hydrogens (primary N) is 1. The van der Waals surface area contributed by atoms with Crippen molar-refractivity contribution in [2.24, 2.45) is 5.84 Å². The molecule has 9 heteroatoms. The molecular weight excluding hydrogens is 298 g/mol. The van der Waals surface area contributed by atoms with Gasteiger partial charge in [0.25, 0.3) is 5.91 Å². The quantitative estimate of drug-likeness (QED) is 0.341. The average molecular weight is 315 g/mol. The Kier molecular flexibility index (Phi) is 6.28. The SMILES string of the molecule is CCOC(=O)C(CS(=O)(=O)NN)NC(=O)c1ccccc1. The maximum absolute atomic E-state index is 12.0. The lowest BCUT2D eigenvalue weighted by molar-refractivity contribution is -0.144. The van der Waals surface area contributed by atoms with E-state index in [9.17, 15) is 18.0 Å². The number of carbonyl (C=O) groups excluding carboxylic acids is 2. The number of nitrogens with one attached hydrogen (secondary N) is 2. The molecule has 116 valence electrons. The lowest BCUT2D eigenvalue weighted by Gasteiger charge is -2.17. The third-order valence-electron chi connectivity index (χ3n) is 2.48. The van der Waals surface area contributed by atoms with Crippen LogP contribution in [-0.4, -0.2) is 38.7 Å². The van der Waals surface area contributed by atoms with E-state index in [4.69, 9.17) is 10.6 Å². The van der Waals surface area contributed by atoms with E-state index in [1.54, 1.807) is 30.0 Å². The number of esters is 1. The van der Waals surface area contributed by atoms with Gasteiger partial charge < -0.3 is 10.1 Å². The van der Waals surface area contributed by atoms with Gasteiger partial charge in [-0.15, -0.1) is 0 Å². The molecule has 0 aliphatic carbocycles. The van der Waals surface area contributed by atoms with Gasteiger partial charge in [-0.05, 0) is 19.1 Å². The first-order chi connectivity index (χ1) is 9.89. The Bertz CT molecular complexity index is 588. The first-order valence-corrected chi connectivity index (χ1v) is 7.77. The fourth-order valence-corrected chi connectivity index (χ4v) is 2.26. The molecule has 8 nitrogen and oxygen atoms in total. The van der Waals surface area contributed by atoms with E-state index in [0.29, 0.717) is 5.56 Å². The Morgan fingerprint density at radius 1 is 1.29 bits per heavy atom. The number of hydrogen-bond acceptors (Lipinski definition) is 6. The minimum atomic E-state index is -3.90. The van der Waals surface area contributed by atoms with Crippen LogP contribution in [0.4, 0.5) is 0 Å². The summed E-state index contributed by atoms with van der Waals surface area (Å²) in [5.74, 6) is 2.73. The van der Waals surface area contributed by atoms with Gasteiger partial charge in [0.1, 0.15) is 6.04 Å². The van der Waals surface area contributed by atoms with Crippen molar-refractivity contribution < 1.29 is 22.7 Å². The Morgan fingerprint density at radius 2 is 1.90 bits per heavy atom. The molecule has 0 spiro atoms. The van der Waals surface area contributed by atoms with Gasteiger partial charge in [0.2, 0.25) is 10.0 Å². The van der Waals surface area contributed by atoms with Crippen LogP contribution in [0.1, 0.15) is 17.3 Å². The number of ether oxygens (including phenoxy) is 1. The van der Waals surface area contributed by atoms with Crippen molar-refractivity contribution in [2.75, 3.05) is 12.4 Å². The molecule has 21 heavy (non-hydrogen) atoms. The second-order valence-corrected chi connectivity index (χ2v) is 5.84. The van der Waals surface area contributed by atoms with Crippen LogP contribution in [0.15, 0.2) is 30.3 Å². The number of carbonyl (C=O) groups is 2. The minimum absolute atomic E-state index is 0.0621. The van der Waals surface area contributed by atoms with Crippen LogP contribution < -0.4 is 16.0 Å². The van der Waals surface area contributed by atoms with Crippen LogP contribution >= 0.6 is 0 Å². The monoisotopic (exact) mass is 315 g/mol. The molecule has 0 radical (unpaired) electrons. The molecule has 0 saturated heterocycles. The van der Waals surface area contributed by atoms with Crippen molar-refractivity contribution in [3.8, 4) is 0 Å². The van der Waals surface area contributed by atoms with E-state index in [1.807, 2.05) is 0 Å². The highest BCUT2D eigenvalue weighted by atomic mass is 32.2. The van der Waals surface area contributed by atoms with Gasteiger partial charge in [0, 0.05) is 5.56 Å². The molecule has 0 bridgehead atoms. The molecule has 1 rings (SSSR count). The molecule has 1 aromatic carbocycles. The molecule has 0 fully saturated rings. The van der Waals surface area contributed by atoms with E-state index in [0.717, 1.165) is 0 Å². The Labute approximate surface area is 122 Å². The molecular formula is C12H17N3O5S. The van der Waals surface area contributed by atoms with E-state index in [1.165, 1.54) is 12.1 Å². The molecule has 1 atom stereocenters. The summed E-state index contributed by atoms with van der Waals surface area (Å²) in [6.45, 7) is 1.64. The number of hydrazine groups is 1. The first-order valence-electron chi connectivity index (χ1n) is 6.12. The van der Waals surface area contributed by atoms with Gasteiger partial charge in [-0.3, -0.25) is 10.6 Å². The highest BCUT2D eigenvalue weighted by Gasteiger charge is 2.28. The zero-order valence-electron chi connectivity index (χ0n) is 11.4. The molecule has 0 heterocycles. The summed E-state index contributed by atoms with van der Waals surface area (Å²) in [6.07, 6.45) is 0. The van der Waals surface area contributed by atoms with Crippen molar-refractivity contribution >= 4 is 21.9 Å². The van der Waals surface area contributed by atoms with Gasteiger partial charge in [-0.2, -0.15) is 4.83 Å². The summed E-state index contributed by atoms with van der Waals surface area (Å²) in [5.41, 5.74) is 0.296. The minimum Gasteiger partial charge on any atom is -0.464 e. The predicted octanol–water partition coefficient (Wildman–Crippen LogP) is -0.859. The fourth-order valence-electron chi connectivity index (χ4n) is 1.51. The van der Waals surface area contributed by atoms with Gasteiger partial charge >= 0.3 is 5.97 Å². The Morgan fingerprint density at radius 3 is 2.43 bits per heavy atom. The smallest absolute Gasteiger partial charge is 0.329 e. The van der Waals surface area contributed by atoms with E-state index in [-0.39, 0.29) is 6.61 Å². The Balaban J connectivity index is 2.87. The number of benzene rings is 1. The largest absolute Gasteiger partial charge is 0.464 e. The summed E-state index contributed by atoms with van der Waals surface area (Å²) in [6, 6.07) is 6.74. The van der Waals surface area contributed by atoms with E-state index >= 15 is 0 Å². The van der Waals surface area contributed by atoms with E-state index in [2.05, 4.69) is 5.32 Å². The van der Waals surface area contributed by atoms with Crippen LogP contribution in [-0.2, 0) is 19.6 Å². The van der Waals surface area contributed by atoms with Crippen molar-refractivity contribution in [3.05, 3.63) is 35.9 Å². The summed E-state index contributed by atoms with van der Waals surface area (Å²) in [7, 11) is -3.90. The highest BCUT2D eigenvalue weighted by Crippen LogP contribution is 2.01. The molecule has 0 aliphatic rings. The van der Waals surface area contributed by atoms with Crippen molar-refractivity contribution in [2.45, 2.75) is 13.0 Å². The van der Waals surface area contributed by atoms with Crippen LogP contribution in [0.3, 0.4) is 0 Å². The predicted molar refractivity (Wildman–Crippen MR) is 75.4 cm³/mol. The molecule has 1 amide bonds. The summed E-state index contributed by atoms with van der Waals surface area (Å²) >= 11 is 0. The molecule has 0 saturated carbocycles. The van der Waals surface area contributed by atoms with Crippen LogP contribution in [0.2, 0.25) is 0 Å². The molecule has 4 N–H and O–H groups in total. The lowest BCUT2D eigenvalue weighted by atomic mass is 10.2. The number of hydrogen-bond donors (Lipinski definition) is 3. The molecule has 1 aromatic rings. The summed E-state index contributed by atoms with van der Waals surface area (Å²) in [5, 5.41) is 2.32. The molecule has 0 aromatic heterocycles. The number of rotatable bonds is 7. The fraction of sp³-hybridized carbons (Fsp3) is 0.333. The zero-order valence-corrected chi connectivity index (χ0v) is 12.2. The standard InChI is InChI=1S/C12H17N3O5S/c1-2-20-12(17)10(8-21(18,19)15-13)14-11(16)9-6-4-3-5-7-9/h3-7,10,15H,2,8,13H2,1H3,(H,14,16). The van der Waals surface area contributed by atoms with Crippen molar-refractivity contribution in [1.82, 2.24) is 10.1 Å². The second-order valence-electron chi connectivity index (χ2n) is 4.04.